The van der Waals surface area contributed by atoms with Crippen molar-refractivity contribution < 1.29 is 19.1 Å². The molecule has 0 spiro atoms. The van der Waals surface area contributed by atoms with Gasteiger partial charge in [0.15, 0.2) is 11.5 Å². The molecule has 0 saturated heterocycles. The highest BCUT2D eigenvalue weighted by atomic mass is 16.5. The number of aryl methyl sites for hydroxylation is 1. The Kier molecular flexibility index (Phi) is 7.69. The van der Waals surface area contributed by atoms with E-state index in [9.17, 15) is 9.59 Å². The Balaban J connectivity index is 1.94. The summed E-state index contributed by atoms with van der Waals surface area (Å²) in [5.74, 6) is 1.25. The third-order valence-electron chi connectivity index (χ3n) is 5.09. The van der Waals surface area contributed by atoms with Crippen LogP contribution in [0.2, 0.25) is 0 Å². The smallest absolute Gasteiger partial charge is 0.242 e. The van der Waals surface area contributed by atoms with E-state index in [1.807, 2.05) is 26.0 Å². The molecular weight excluding hydrogens is 358 g/mol. The number of methoxy groups -OCH3 is 2. The van der Waals surface area contributed by atoms with Gasteiger partial charge in [0.2, 0.25) is 11.8 Å². The summed E-state index contributed by atoms with van der Waals surface area (Å²) >= 11 is 0. The van der Waals surface area contributed by atoms with Gasteiger partial charge in [0.05, 0.1) is 20.3 Å². The lowest BCUT2D eigenvalue weighted by atomic mass is 9.87. The van der Waals surface area contributed by atoms with Gasteiger partial charge in [-0.2, -0.15) is 0 Å². The maximum Gasteiger partial charge on any atom is 0.242 e. The van der Waals surface area contributed by atoms with E-state index >= 15 is 0 Å². The van der Waals surface area contributed by atoms with E-state index in [0.29, 0.717) is 18.1 Å². The molecule has 0 radical (unpaired) electrons. The van der Waals surface area contributed by atoms with Gasteiger partial charge in [0.25, 0.3) is 0 Å². The van der Waals surface area contributed by atoms with Gasteiger partial charge in [0, 0.05) is 6.04 Å². The first-order valence-corrected chi connectivity index (χ1v) is 9.85. The third-order valence-corrected chi connectivity index (χ3v) is 5.09. The van der Waals surface area contributed by atoms with E-state index in [0.717, 1.165) is 30.6 Å². The van der Waals surface area contributed by atoms with E-state index in [-0.39, 0.29) is 17.9 Å². The van der Waals surface area contributed by atoms with Crippen molar-refractivity contribution in [2.75, 3.05) is 14.2 Å². The molecule has 1 unspecified atom stereocenters. The molecule has 156 valence electrons. The van der Waals surface area contributed by atoms with Crippen LogP contribution < -0.4 is 25.8 Å². The standard InChI is InChI=1S/C21H33N3O4/c1-12(2)8-17(22)21(26)23-13(3)20(25)24-16-7-6-14-10-18(27-4)19(28-5)11-15(14)9-16/h10-13,16-17H,6-9,22H2,1-5H3,(H,23,26)(H,24,25)/t13-,16?,17-/m0/s1. The first kappa shape index (κ1) is 22.0. The first-order chi connectivity index (χ1) is 13.2. The van der Waals surface area contributed by atoms with Crippen LogP contribution in [-0.2, 0) is 22.4 Å². The van der Waals surface area contributed by atoms with Crippen molar-refractivity contribution in [2.24, 2.45) is 11.7 Å². The Bertz CT molecular complexity index is 705. The van der Waals surface area contributed by atoms with Crippen molar-refractivity contribution in [3.8, 4) is 11.5 Å². The molecule has 0 bridgehead atoms. The summed E-state index contributed by atoms with van der Waals surface area (Å²) in [6.45, 7) is 5.70. The van der Waals surface area contributed by atoms with Crippen LogP contribution in [0.25, 0.3) is 0 Å². The second-order valence-corrected chi connectivity index (χ2v) is 7.89. The zero-order chi connectivity index (χ0) is 20.8. The Morgan fingerprint density at radius 2 is 1.71 bits per heavy atom. The zero-order valence-electron chi connectivity index (χ0n) is 17.5. The summed E-state index contributed by atoms with van der Waals surface area (Å²) in [6, 6.07) is 2.77. The molecule has 7 nitrogen and oxygen atoms in total. The fourth-order valence-electron chi connectivity index (χ4n) is 3.53. The molecule has 2 amide bonds. The minimum absolute atomic E-state index is 0.0155. The van der Waals surface area contributed by atoms with Gasteiger partial charge in [-0.05, 0) is 61.8 Å². The predicted octanol–water partition coefficient (Wildman–Crippen LogP) is 1.56. The van der Waals surface area contributed by atoms with E-state index < -0.39 is 12.1 Å². The number of amides is 2. The van der Waals surface area contributed by atoms with Gasteiger partial charge in [-0.25, -0.2) is 0 Å². The van der Waals surface area contributed by atoms with Crippen LogP contribution >= 0.6 is 0 Å². The highest BCUT2D eigenvalue weighted by molar-refractivity contribution is 5.89. The van der Waals surface area contributed by atoms with Crippen LogP contribution in [0.1, 0.15) is 44.7 Å². The monoisotopic (exact) mass is 391 g/mol. The quantitative estimate of drug-likeness (QED) is 0.624. The summed E-state index contributed by atoms with van der Waals surface area (Å²) in [5, 5.41) is 5.76. The molecule has 0 aromatic heterocycles. The van der Waals surface area contributed by atoms with E-state index in [1.54, 1.807) is 21.1 Å². The number of hydrogen-bond donors (Lipinski definition) is 3. The number of rotatable bonds is 8. The lowest BCUT2D eigenvalue weighted by Crippen LogP contribution is -2.52. The van der Waals surface area contributed by atoms with E-state index in [1.165, 1.54) is 5.56 Å². The summed E-state index contributed by atoms with van der Waals surface area (Å²) in [5.41, 5.74) is 8.24. The largest absolute Gasteiger partial charge is 0.493 e. The van der Waals surface area contributed by atoms with E-state index in [2.05, 4.69) is 10.6 Å². The van der Waals surface area contributed by atoms with Crippen molar-refractivity contribution in [1.29, 1.82) is 0 Å². The lowest BCUT2D eigenvalue weighted by Gasteiger charge is -2.28. The van der Waals surface area contributed by atoms with Crippen molar-refractivity contribution in [3.05, 3.63) is 23.3 Å². The van der Waals surface area contributed by atoms with Crippen molar-refractivity contribution >= 4 is 11.8 Å². The van der Waals surface area contributed by atoms with Crippen LogP contribution in [0.3, 0.4) is 0 Å². The van der Waals surface area contributed by atoms with Crippen LogP contribution in [0.15, 0.2) is 12.1 Å². The number of nitrogens with two attached hydrogens (primary N) is 1. The molecule has 0 heterocycles. The van der Waals surface area contributed by atoms with Gasteiger partial charge < -0.3 is 25.8 Å². The zero-order valence-corrected chi connectivity index (χ0v) is 17.5. The fraction of sp³-hybridized carbons (Fsp3) is 0.619. The van der Waals surface area contributed by atoms with Gasteiger partial charge in [0.1, 0.15) is 6.04 Å². The highest BCUT2D eigenvalue weighted by Crippen LogP contribution is 2.34. The van der Waals surface area contributed by atoms with Gasteiger partial charge in [-0.1, -0.05) is 13.8 Å². The van der Waals surface area contributed by atoms with Crippen LogP contribution in [0, 0.1) is 5.92 Å². The maximum atomic E-state index is 12.5. The number of hydrogen-bond acceptors (Lipinski definition) is 5. The molecular formula is C21H33N3O4. The fourth-order valence-corrected chi connectivity index (χ4v) is 3.53. The predicted molar refractivity (Wildman–Crippen MR) is 109 cm³/mol. The molecule has 28 heavy (non-hydrogen) atoms. The Labute approximate surface area is 167 Å². The summed E-state index contributed by atoms with van der Waals surface area (Å²) in [4.78, 5) is 24.7. The molecule has 0 fully saturated rings. The van der Waals surface area contributed by atoms with Crippen LogP contribution in [0.5, 0.6) is 11.5 Å². The average molecular weight is 392 g/mol. The van der Waals surface area contributed by atoms with Crippen molar-refractivity contribution in [3.63, 3.8) is 0 Å². The minimum atomic E-state index is -0.627. The Hall–Kier alpha value is -2.28. The average Bonchev–Trinajstić information content (AvgIpc) is 2.65. The number of nitrogens with one attached hydrogen (secondary N) is 2. The number of carbonyl (C=O) groups excluding carboxylic acids is 2. The lowest BCUT2D eigenvalue weighted by molar-refractivity contribution is -0.129. The normalized spacial score (nSPS) is 18.0. The topological polar surface area (TPSA) is 103 Å². The molecule has 7 heteroatoms. The first-order valence-electron chi connectivity index (χ1n) is 9.85. The van der Waals surface area contributed by atoms with E-state index in [4.69, 9.17) is 15.2 Å². The molecule has 0 aliphatic heterocycles. The van der Waals surface area contributed by atoms with Crippen LogP contribution in [-0.4, -0.2) is 44.2 Å². The summed E-state index contributed by atoms with van der Waals surface area (Å²) < 4.78 is 10.7. The molecule has 2 rings (SSSR count). The second kappa shape index (κ2) is 9.78. The van der Waals surface area contributed by atoms with Gasteiger partial charge in [-0.15, -0.1) is 0 Å². The van der Waals surface area contributed by atoms with Crippen molar-refractivity contribution in [2.45, 2.75) is 64.6 Å². The minimum Gasteiger partial charge on any atom is -0.493 e. The molecule has 1 aliphatic rings. The maximum absolute atomic E-state index is 12.5. The van der Waals surface area contributed by atoms with Gasteiger partial charge in [-0.3, -0.25) is 9.59 Å². The number of carbonyl (C=O) groups is 2. The third kappa shape index (κ3) is 5.61. The molecule has 1 aromatic carbocycles. The Morgan fingerprint density at radius 1 is 1.11 bits per heavy atom. The van der Waals surface area contributed by atoms with Crippen molar-refractivity contribution in [1.82, 2.24) is 10.6 Å². The highest BCUT2D eigenvalue weighted by Gasteiger charge is 2.26. The SMILES string of the molecule is COc1cc2c(cc1OC)CC(NC(=O)[C@H](C)NC(=O)[C@@H](N)CC(C)C)CC2. The Morgan fingerprint density at radius 3 is 2.29 bits per heavy atom. The van der Waals surface area contributed by atoms with Gasteiger partial charge >= 0.3 is 0 Å². The molecule has 0 saturated carbocycles. The number of fused-ring (bicyclic) bond motifs is 1. The molecule has 3 atom stereocenters. The number of ether oxygens (including phenoxy) is 2. The number of benzene rings is 1. The summed E-state index contributed by atoms with van der Waals surface area (Å²) in [7, 11) is 3.24. The molecule has 4 N–H and O–H groups in total. The summed E-state index contributed by atoms with van der Waals surface area (Å²) in [6.07, 6.45) is 2.99. The van der Waals surface area contributed by atoms with Crippen LogP contribution in [0.4, 0.5) is 0 Å². The molecule has 1 aliphatic carbocycles. The second-order valence-electron chi connectivity index (χ2n) is 7.89. The molecule has 1 aromatic rings.